The lowest BCUT2D eigenvalue weighted by Gasteiger charge is -2.03. The molecule has 0 radical (unpaired) electrons. The predicted molar refractivity (Wildman–Crippen MR) is 66.0 cm³/mol. The summed E-state index contributed by atoms with van der Waals surface area (Å²) in [6.07, 6.45) is 2.69. The van der Waals surface area contributed by atoms with Gasteiger partial charge in [0.15, 0.2) is 5.75 Å². The Morgan fingerprint density at radius 2 is 2.28 bits per heavy atom. The van der Waals surface area contributed by atoms with E-state index in [0.29, 0.717) is 10.9 Å². The van der Waals surface area contributed by atoms with Crippen LogP contribution in [0.15, 0.2) is 37.1 Å². The number of carbonyl (C=O) groups excluding carboxylic acids is 1. The zero-order valence-electron chi connectivity index (χ0n) is 9.62. The smallest absolute Gasteiger partial charge is 0.313 e. The van der Waals surface area contributed by atoms with Crippen LogP contribution in [-0.4, -0.2) is 22.5 Å². The molecule has 0 aliphatic carbocycles. The van der Waals surface area contributed by atoms with Crippen LogP contribution >= 0.6 is 0 Å². The van der Waals surface area contributed by atoms with Gasteiger partial charge in [-0.25, -0.2) is 0 Å². The summed E-state index contributed by atoms with van der Waals surface area (Å²) >= 11 is 0. The van der Waals surface area contributed by atoms with Gasteiger partial charge in [-0.05, 0) is 18.2 Å². The fourth-order valence-electron chi connectivity index (χ4n) is 1.75. The third-order valence-electron chi connectivity index (χ3n) is 2.60. The van der Waals surface area contributed by atoms with Crippen molar-refractivity contribution in [2.24, 2.45) is 0 Å². The summed E-state index contributed by atoms with van der Waals surface area (Å²) in [6, 6.07) is 4.53. The highest BCUT2D eigenvalue weighted by molar-refractivity contribution is 5.99. The number of ether oxygens (including phenoxy) is 1. The first-order valence-electron chi connectivity index (χ1n) is 5.08. The number of hydrogen-bond acceptors (Lipinski definition) is 4. The maximum atomic E-state index is 11.6. The minimum absolute atomic E-state index is 0.163. The number of nitro groups is 1. The van der Waals surface area contributed by atoms with E-state index in [-0.39, 0.29) is 17.3 Å². The van der Waals surface area contributed by atoms with Gasteiger partial charge in [0.05, 0.1) is 17.5 Å². The standard InChI is InChI=1S/C12H10N2O4/c1-3-12(15)13-5-4-8-6-11(18-2)10(14(16)17)7-9(8)13/h3-7H,1H2,2H3. The molecule has 0 fully saturated rings. The molecule has 0 saturated heterocycles. The molecule has 0 N–H and O–H groups in total. The lowest BCUT2D eigenvalue weighted by Crippen LogP contribution is -2.05. The van der Waals surface area contributed by atoms with Crippen LogP contribution in [0.25, 0.3) is 10.9 Å². The normalized spacial score (nSPS) is 10.3. The van der Waals surface area contributed by atoms with Gasteiger partial charge in [0.25, 0.3) is 5.91 Å². The lowest BCUT2D eigenvalue weighted by atomic mass is 10.2. The molecule has 0 bridgehead atoms. The number of aromatic nitrogens is 1. The molecular formula is C12H10N2O4. The largest absolute Gasteiger partial charge is 0.490 e. The van der Waals surface area contributed by atoms with Crippen molar-refractivity contribution in [1.29, 1.82) is 0 Å². The number of carbonyl (C=O) groups is 1. The van der Waals surface area contributed by atoms with E-state index in [4.69, 9.17) is 4.74 Å². The number of benzene rings is 1. The zero-order valence-corrected chi connectivity index (χ0v) is 9.62. The third kappa shape index (κ3) is 1.73. The number of allylic oxidation sites excluding steroid dienone is 1. The van der Waals surface area contributed by atoms with Gasteiger partial charge in [0, 0.05) is 17.6 Å². The lowest BCUT2D eigenvalue weighted by molar-refractivity contribution is -0.385. The number of nitrogens with zero attached hydrogens (tertiary/aromatic N) is 2. The molecule has 0 aliphatic rings. The van der Waals surface area contributed by atoms with E-state index in [1.54, 1.807) is 6.07 Å². The Kier molecular flexibility index (Phi) is 2.85. The van der Waals surface area contributed by atoms with Gasteiger partial charge in [0.1, 0.15) is 0 Å². The van der Waals surface area contributed by atoms with Crippen LogP contribution in [-0.2, 0) is 0 Å². The molecule has 6 nitrogen and oxygen atoms in total. The van der Waals surface area contributed by atoms with Gasteiger partial charge in [-0.15, -0.1) is 0 Å². The number of fused-ring (bicyclic) bond motifs is 1. The van der Waals surface area contributed by atoms with E-state index < -0.39 is 4.92 Å². The first kappa shape index (κ1) is 11.8. The molecule has 2 rings (SSSR count). The summed E-state index contributed by atoms with van der Waals surface area (Å²) in [4.78, 5) is 21.9. The number of hydrogen-bond donors (Lipinski definition) is 0. The molecule has 2 aromatic rings. The Labute approximate surface area is 102 Å². The van der Waals surface area contributed by atoms with Crippen molar-refractivity contribution in [3.05, 3.63) is 47.2 Å². The number of rotatable bonds is 3. The molecule has 1 aromatic carbocycles. The second-order valence-corrected chi connectivity index (χ2v) is 3.57. The molecule has 0 saturated carbocycles. The molecule has 0 amide bonds. The van der Waals surface area contributed by atoms with E-state index in [0.717, 1.165) is 6.08 Å². The molecule has 1 heterocycles. The molecule has 1 aromatic heterocycles. The summed E-state index contributed by atoms with van der Waals surface area (Å²) in [7, 11) is 1.36. The summed E-state index contributed by atoms with van der Waals surface area (Å²) < 4.78 is 6.26. The van der Waals surface area contributed by atoms with Crippen molar-refractivity contribution in [1.82, 2.24) is 4.57 Å². The number of methoxy groups -OCH3 is 1. The Hall–Kier alpha value is -2.63. The maximum absolute atomic E-state index is 11.6. The van der Waals surface area contributed by atoms with Crippen LogP contribution in [0.5, 0.6) is 5.75 Å². The van der Waals surface area contributed by atoms with Crippen LogP contribution in [0.1, 0.15) is 4.79 Å². The van der Waals surface area contributed by atoms with Crippen molar-refractivity contribution in [3.63, 3.8) is 0 Å². The summed E-state index contributed by atoms with van der Waals surface area (Å²) in [6.45, 7) is 3.39. The van der Waals surface area contributed by atoms with Gasteiger partial charge in [-0.2, -0.15) is 0 Å². The van der Waals surface area contributed by atoms with Crippen molar-refractivity contribution in [2.45, 2.75) is 0 Å². The number of nitro benzene ring substituents is 1. The van der Waals surface area contributed by atoms with Crippen molar-refractivity contribution in [2.75, 3.05) is 7.11 Å². The summed E-state index contributed by atoms with van der Waals surface area (Å²) in [5, 5.41) is 11.6. The van der Waals surface area contributed by atoms with Crippen LogP contribution in [0.3, 0.4) is 0 Å². The molecule has 0 aliphatic heterocycles. The Morgan fingerprint density at radius 3 is 2.83 bits per heavy atom. The molecular weight excluding hydrogens is 236 g/mol. The monoisotopic (exact) mass is 246 g/mol. The van der Waals surface area contributed by atoms with E-state index in [1.165, 1.54) is 30.0 Å². The fourth-order valence-corrected chi connectivity index (χ4v) is 1.75. The van der Waals surface area contributed by atoms with Gasteiger partial charge in [-0.1, -0.05) is 6.58 Å². The quantitative estimate of drug-likeness (QED) is 0.473. The Balaban J connectivity index is 2.75. The average Bonchev–Trinajstić information content (AvgIpc) is 2.78. The van der Waals surface area contributed by atoms with Crippen LogP contribution in [0.4, 0.5) is 5.69 Å². The van der Waals surface area contributed by atoms with E-state index in [2.05, 4.69) is 6.58 Å². The Bertz CT molecular complexity index is 657. The molecule has 18 heavy (non-hydrogen) atoms. The highest BCUT2D eigenvalue weighted by atomic mass is 16.6. The van der Waals surface area contributed by atoms with Gasteiger partial charge in [0.2, 0.25) is 0 Å². The van der Waals surface area contributed by atoms with E-state index in [1.807, 2.05) is 0 Å². The van der Waals surface area contributed by atoms with Crippen LogP contribution in [0, 0.1) is 10.1 Å². The first-order chi connectivity index (χ1) is 8.58. The third-order valence-corrected chi connectivity index (χ3v) is 2.60. The minimum Gasteiger partial charge on any atom is -0.490 e. The highest BCUT2D eigenvalue weighted by Gasteiger charge is 2.18. The summed E-state index contributed by atoms with van der Waals surface area (Å²) in [5.41, 5.74) is 0.272. The van der Waals surface area contributed by atoms with Crippen molar-refractivity contribution >= 4 is 22.5 Å². The molecule has 92 valence electrons. The van der Waals surface area contributed by atoms with Gasteiger partial charge < -0.3 is 4.74 Å². The maximum Gasteiger partial charge on any atom is 0.313 e. The second kappa shape index (κ2) is 4.33. The SMILES string of the molecule is C=CC(=O)n1ccc2cc(OC)c([N+](=O)[O-])cc21. The second-order valence-electron chi connectivity index (χ2n) is 3.57. The van der Waals surface area contributed by atoms with E-state index in [9.17, 15) is 14.9 Å². The topological polar surface area (TPSA) is 74.4 Å². The fraction of sp³-hybridized carbons (Fsp3) is 0.0833. The van der Waals surface area contributed by atoms with E-state index >= 15 is 0 Å². The molecule has 0 atom stereocenters. The molecule has 6 heteroatoms. The Morgan fingerprint density at radius 1 is 1.56 bits per heavy atom. The van der Waals surface area contributed by atoms with Crippen molar-refractivity contribution < 1.29 is 14.5 Å². The molecule has 0 spiro atoms. The minimum atomic E-state index is -0.548. The van der Waals surface area contributed by atoms with Gasteiger partial charge in [-0.3, -0.25) is 19.5 Å². The average molecular weight is 246 g/mol. The highest BCUT2D eigenvalue weighted by Crippen LogP contribution is 2.32. The predicted octanol–water partition coefficient (Wildman–Crippen LogP) is 2.38. The van der Waals surface area contributed by atoms with Crippen LogP contribution in [0.2, 0.25) is 0 Å². The first-order valence-corrected chi connectivity index (χ1v) is 5.08. The van der Waals surface area contributed by atoms with Crippen LogP contribution < -0.4 is 4.74 Å². The summed E-state index contributed by atoms with van der Waals surface area (Å²) in [5.74, 6) is -0.180. The molecule has 0 unspecified atom stereocenters. The zero-order chi connectivity index (χ0) is 13.3. The van der Waals surface area contributed by atoms with Crippen molar-refractivity contribution in [3.8, 4) is 5.75 Å². The van der Waals surface area contributed by atoms with Gasteiger partial charge >= 0.3 is 5.69 Å².